The Labute approximate surface area is 203 Å². The molecule has 9 heteroatoms. The first-order valence-corrected chi connectivity index (χ1v) is 11.4. The van der Waals surface area contributed by atoms with E-state index in [1.807, 2.05) is 16.5 Å². The zero-order valence-corrected chi connectivity index (χ0v) is 19.9. The Bertz CT molecular complexity index is 1390. The first-order chi connectivity index (χ1) is 17.0. The molecule has 0 saturated carbocycles. The van der Waals surface area contributed by atoms with Crippen LogP contribution in [0, 0.1) is 11.8 Å². The van der Waals surface area contributed by atoms with E-state index in [4.69, 9.17) is 10.7 Å². The van der Waals surface area contributed by atoms with E-state index in [0.29, 0.717) is 40.8 Å². The van der Waals surface area contributed by atoms with Gasteiger partial charge in [0.2, 0.25) is 0 Å². The molecule has 0 spiro atoms. The van der Waals surface area contributed by atoms with Crippen molar-refractivity contribution in [2.75, 3.05) is 12.3 Å². The van der Waals surface area contributed by atoms with Crippen LogP contribution in [0.5, 0.6) is 0 Å². The molecular weight excluding hydrogens is 442 g/mol. The molecule has 4 rings (SSSR count). The molecule has 2 aromatic heterocycles. The van der Waals surface area contributed by atoms with Crippen LogP contribution in [0.3, 0.4) is 0 Å². The van der Waals surface area contributed by atoms with Crippen LogP contribution in [0.4, 0.5) is 5.82 Å². The van der Waals surface area contributed by atoms with Crippen LogP contribution in [0.25, 0.3) is 16.8 Å². The van der Waals surface area contributed by atoms with Gasteiger partial charge in [-0.1, -0.05) is 18.1 Å². The molecular formula is C26H27N7O2. The third-order valence-corrected chi connectivity index (χ3v) is 5.86. The van der Waals surface area contributed by atoms with Gasteiger partial charge in [-0.2, -0.15) is 0 Å². The van der Waals surface area contributed by atoms with Crippen molar-refractivity contribution in [2.45, 2.75) is 39.7 Å². The van der Waals surface area contributed by atoms with E-state index in [1.165, 1.54) is 0 Å². The number of aliphatic imine (C=N–C) groups is 1. The number of nitrogens with zero attached hydrogens (tertiary/aromatic N) is 5. The first-order valence-electron chi connectivity index (χ1n) is 11.4. The highest BCUT2D eigenvalue weighted by Gasteiger charge is 2.33. The number of nitrogens with two attached hydrogens (primary N) is 1. The maximum absolute atomic E-state index is 12.6. The van der Waals surface area contributed by atoms with Gasteiger partial charge in [-0.3, -0.25) is 14.0 Å². The molecule has 0 aliphatic carbocycles. The van der Waals surface area contributed by atoms with E-state index in [9.17, 15) is 9.59 Å². The van der Waals surface area contributed by atoms with Gasteiger partial charge in [-0.15, -0.1) is 0 Å². The number of nitrogens with one attached hydrogen (secondary N) is 1. The lowest BCUT2D eigenvalue weighted by Crippen LogP contribution is -2.30. The van der Waals surface area contributed by atoms with Crippen LogP contribution in [0.2, 0.25) is 0 Å². The highest BCUT2D eigenvalue weighted by molar-refractivity contribution is 5.96. The SMILES string of the molecule is CC#CC(=O)N1CCCC1c1nc(-c2ccc(C(=O)N/C(=C/C)N=CC)cc2)c2c(N)nccn12. The number of hydrogen-bond donors (Lipinski definition) is 2. The van der Waals surface area contributed by atoms with Gasteiger partial charge in [0.15, 0.2) is 0 Å². The molecule has 3 aromatic rings. The minimum atomic E-state index is -0.260. The average molecular weight is 470 g/mol. The topological polar surface area (TPSA) is 118 Å². The van der Waals surface area contributed by atoms with Crippen molar-refractivity contribution in [3.63, 3.8) is 0 Å². The summed E-state index contributed by atoms with van der Waals surface area (Å²) < 4.78 is 1.90. The predicted octanol–water partition coefficient (Wildman–Crippen LogP) is 3.35. The first kappa shape index (κ1) is 23.7. The van der Waals surface area contributed by atoms with Crippen molar-refractivity contribution in [3.05, 3.63) is 59.9 Å². The summed E-state index contributed by atoms with van der Waals surface area (Å²) >= 11 is 0. The number of anilines is 1. The summed E-state index contributed by atoms with van der Waals surface area (Å²) in [5.41, 5.74) is 8.84. The largest absolute Gasteiger partial charge is 0.382 e. The minimum Gasteiger partial charge on any atom is -0.382 e. The third kappa shape index (κ3) is 4.64. The number of aromatic nitrogens is 3. The lowest BCUT2D eigenvalue weighted by molar-refractivity contribution is -0.126. The van der Waals surface area contributed by atoms with Crippen LogP contribution in [0.15, 0.2) is 53.5 Å². The molecule has 3 N–H and O–H groups in total. The van der Waals surface area contributed by atoms with Crippen LogP contribution >= 0.6 is 0 Å². The molecule has 1 saturated heterocycles. The number of rotatable bonds is 5. The molecule has 9 nitrogen and oxygen atoms in total. The predicted molar refractivity (Wildman–Crippen MR) is 135 cm³/mol. The van der Waals surface area contributed by atoms with Gasteiger partial charge in [0.1, 0.15) is 28.7 Å². The van der Waals surface area contributed by atoms with Crippen molar-refractivity contribution in [1.82, 2.24) is 24.6 Å². The van der Waals surface area contributed by atoms with E-state index in [-0.39, 0.29) is 17.9 Å². The van der Waals surface area contributed by atoms with Crippen LogP contribution in [-0.2, 0) is 4.79 Å². The molecule has 1 unspecified atom stereocenters. The van der Waals surface area contributed by atoms with Crippen molar-refractivity contribution >= 4 is 29.4 Å². The van der Waals surface area contributed by atoms with Crippen molar-refractivity contribution in [1.29, 1.82) is 0 Å². The molecule has 0 bridgehead atoms. The van der Waals surface area contributed by atoms with Crippen LogP contribution < -0.4 is 11.1 Å². The fraction of sp³-hybridized carbons (Fsp3) is 0.269. The van der Waals surface area contributed by atoms with Crippen LogP contribution in [-0.4, -0.2) is 43.8 Å². The number of fused-ring (bicyclic) bond motifs is 1. The Morgan fingerprint density at radius 2 is 2.03 bits per heavy atom. The summed E-state index contributed by atoms with van der Waals surface area (Å²) in [6.45, 7) is 5.87. The van der Waals surface area contributed by atoms with E-state index in [1.54, 1.807) is 62.5 Å². The van der Waals surface area contributed by atoms with Gasteiger partial charge >= 0.3 is 0 Å². The fourth-order valence-electron chi connectivity index (χ4n) is 4.27. The second kappa shape index (κ2) is 10.2. The van der Waals surface area contributed by atoms with E-state index in [2.05, 4.69) is 27.1 Å². The quantitative estimate of drug-likeness (QED) is 0.439. The van der Waals surface area contributed by atoms with E-state index < -0.39 is 0 Å². The van der Waals surface area contributed by atoms with Gasteiger partial charge in [0.05, 0.1) is 6.04 Å². The number of carbonyl (C=O) groups is 2. The summed E-state index contributed by atoms with van der Waals surface area (Å²) in [5, 5.41) is 2.77. The second-order valence-electron chi connectivity index (χ2n) is 7.97. The molecule has 1 aromatic carbocycles. The molecule has 1 aliphatic heterocycles. The van der Waals surface area contributed by atoms with Gasteiger partial charge in [0.25, 0.3) is 11.8 Å². The van der Waals surface area contributed by atoms with Gasteiger partial charge in [0, 0.05) is 36.3 Å². The standard InChI is InChI=1S/C26H27N7O2/c1-4-8-21(34)32-15-7-9-19(32)25-31-22(23-24(27)29-14-16-33(23)25)17-10-12-18(13-11-17)26(35)30-20(5-2)28-6-3/h5-6,10-14,16,19H,7,9,15H2,1-3H3,(H2,27,29)(H,30,35)/b20-5+,28-6?. The zero-order chi connectivity index (χ0) is 24.9. The summed E-state index contributed by atoms with van der Waals surface area (Å²) in [4.78, 5) is 40.3. The lowest BCUT2D eigenvalue weighted by atomic mass is 10.1. The number of hydrogen-bond acceptors (Lipinski definition) is 6. The molecule has 178 valence electrons. The lowest BCUT2D eigenvalue weighted by Gasteiger charge is -2.21. The van der Waals surface area contributed by atoms with Gasteiger partial charge in [-0.25, -0.2) is 15.0 Å². The second-order valence-corrected chi connectivity index (χ2v) is 7.97. The van der Waals surface area contributed by atoms with E-state index >= 15 is 0 Å². The molecule has 0 radical (unpaired) electrons. The Morgan fingerprint density at radius 1 is 1.26 bits per heavy atom. The molecule has 1 fully saturated rings. The Hall–Kier alpha value is -4.45. The highest BCUT2D eigenvalue weighted by atomic mass is 16.2. The smallest absolute Gasteiger partial charge is 0.299 e. The normalized spacial score (nSPS) is 15.9. The maximum Gasteiger partial charge on any atom is 0.299 e. The van der Waals surface area contributed by atoms with Crippen molar-refractivity contribution < 1.29 is 9.59 Å². The molecule has 2 amide bonds. The summed E-state index contributed by atoms with van der Waals surface area (Å²) in [6, 6.07) is 6.90. The number of nitrogen functional groups attached to an aromatic ring is 1. The number of imidazole rings is 1. The number of likely N-dealkylation sites (tertiary alicyclic amines) is 1. The minimum absolute atomic E-state index is 0.210. The number of carbonyl (C=O) groups excluding carboxylic acids is 2. The summed E-state index contributed by atoms with van der Waals surface area (Å²) in [5.74, 6) is 6.39. The highest BCUT2D eigenvalue weighted by Crippen LogP contribution is 2.36. The van der Waals surface area contributed by atoms with Gasteiger partial charge in [-0.05, 0) is 57.7 Å². The molecule has 35 heavy (non-hydrogen) atoms. The summed E-state index contributed by atoms with van der Waals surface area (Å²) in [6.07, 6.45) is 8.42. The Morgan fingerprint density at radius 3 is 2.71 bits per heavy atom. The third-order valence-electron chi connectivity index (χ3n) is 5.86. The van der Waals surface area contributed by atoms with Crippen molar-refractivity contribution in [3.8, 4) is 23.1 Å². The average Bonchev–Trinajstić information content (AvgIpc) is 3.49. The van der Waals surface area contributed by atoms with Crippen LogP contribution in [0.1, 0.15) is 55.8 Å². The van der Waals surface area contributed by atoms with Gasteiger partial charge < -0.3 is 16.0 Å². The van der Waals surface area contributed by atoms with Crippen molar-refractivity contribution in [2.24, 2.45) is 4.99 Å². The number of benzene rings is 1. The maximum atomic E-state index is 12.6. The number of amides is 2. The summed E-state index contributed by atoms with van der Waals surface area (Å²) in [7, 11) is 0. The molecule has 1 atom stereocenters. The monoisotopic (exact) mass is 469 g/mol. The zero-order valence-electron chi connectivity index (χ0n) is 19.9. The Balaban J connectivity index is 1.72. The number of allylic oxidation sites excluding steroid dienone is 1. The molecule has 1 aliphatic rings. The fourth-order valence-corrected chi connectivity index (χ4v) is 4.27. The molecule has 3 heterocycles. The Kier molecular flexibility index (Phi) is 6.92. The van der Waals surface area contributed by atoms with E-state index in [0.717, 1.165) is 18.4 Å².